The third-order valence-electron chi connectivity index (χ3n) is 8.03. The second-order valence-corrected chi connectivity index (χ2v) is 10.1. The van der Waals surface area contributed by atoms with Crippen LogP contribution in [-0.2, 0) is 11.2 Å². The van der Waals surface area contributed by atoms with Gasteiger partial charge in [0, 0.05) is 36.7 Å². The summed E-state index contributed by atoms with van der Waals surface area (Å²) in [6.07, 6.45) is 6.05. The maximum atomic E-state index is 14.0. The maximum absolute atomic E-state index is 14.0. The number of fused-ring (bicyclic) bond motifs is 3. The summed E-state index contributed by atoms with van der Waals surface area (Å²) in [5.74, 6) is 2.63. The van der Waals surface area contributed by atoms with E-state index in [9.17, 15) is 4.39 Å². The molecule has 2 N–H and O–H groups in total. The Kier molecular flexibility index (Phi) is 4.31. The van der Waals surface area contributed by atoms with Crippen LogP contribution in [0.25, 0.3) is 11.0 Å². The third kappa shape index (κ3) is 3.13. The van der Waals surface area contributed by atoms with Crippen LogP contribution in [0.1, 0.15) is 48.0 Å². The van der Waals surface area contributed by atoms with E-state index < -0.39 is 0 Å². The molecule has 32 heavy (non-hydrogen) atoms. The van der Waals surface area contributed by atoms with Crippen LogP contribution < -0.4 is 5.32 Å². The number of aromatic nitrogens is 3. The molecular formula is C25H28FN5O. The normalized spacial score (nSPS) is 29.9. The van der Waals surface area contributed by atoms with Crippen LogP contribution in [0.2, 0.25) is 0 Å². The summed E-state index contributed by atoms with van der Waals surface area (Å²) in [5.41, 5.74) is 4.46. The zero-order valence-corrected chi connectivity index (χ0v) is 18.1. The van der Waals surface area contributed by atoms with Crippen LogP contribution >= 0.6 is 0 Å². The van der Waals surface area contributed by atoms with Gasteiger partial charge in [-0.1, -0.05) is 6.07 Å². The number of hydrogen-bond donors (Lipinski definition) is 2. The summed E-state index contributed by atoms with van der Waals surface area (Å²) in [6.45, 7) is 3.93. The zero-order chi connectivity index (χ0) is 21.2. The zero-order valence-electron chi connectivity index (χ0n) is 18.1. The quantitative estimate of drug-likeness (QED) is 0.651. The van der Waals surface area contributed by atoms with Crippen molar-refractivity contribution in [2.75, 3.05) is 31.6 Å². The van der Waals surface area contributed by atoms with Crippen molar-refractivity contribution in [1.29, 1.82) is 0 Å². The molecule has 2 aliphatic carbocycles. The molecule has 0 spiro atoms. The Bertz CT molecular complexity index is 1160. The first kappa shape index (κ1) is 19.0. The minimum absolute atomic E-state index is 0.0662. The van der Waals surface area contributed by atoms with E-state index in [4.69, 9.17) is 4.74 Å². The van der Waals surface area contributed by atoms with E-state index in [0.717, 1.165) is 61.6 Å². The topological polar surface area (TPSA) is 66.1 Å². The number of ether oxygens (including phenoxy) is 1. The Morgan fingerprint density at radius 1 is 1.06 bits per heavy atom. The Morgan fingerprint density at radius 3 is 2.72 bits per heavy atom. The van der Waals surface area contributed by atoms with Crippen molar-refractivity contribution in [1.82, 2.24) is 19.9 Å². The fourth-order valence-corrected chi connectivity index (χ4v) is 6.17. The highest BCUT2D eigenvalue weighted by Gasteiger charge is 2.43. The van der Waals surface area contributed by atoms with E-state index >= 15 is 0 Å². The molecular weight excluding hydrogens is 405 g/mol. The second-order valence-electron chi connectivity index (χ2n) is 10.1. The first-order chi connectivity index (χ1) is 15.7. The van der Waals surface area contributed by atoms with Crippen molar-refractivity contribution in [2.24, 2.45) is 11.8 Å². The predicted molar refractivity (Wildman–Crippen MR) is 120 cm³/mol. The van der Waals surface area contributed by atoms with Crippen molar-refractivity contribution >= 4 is 16.9 Å². The lowest BCUT2D eigenvalue weighted by Gasteiger charge is -2.40. The third-order valence-corrected chi connectivity index (χ3v) is 8.03. The lowest BCUT2D eigenvalue weighted by atomic mass is 9.83. The van der Waals surface area contributed by atoms with Gasteiger partial charge in [0.2, 0.25) is 0 Å². The van der Waals surface area contributed by atoms with Crippen LogP contribution in [0.4, 0.5) is 10.2 Å². The summed E-state index contributed by atoms with van der Waals surface area (Å²) in [5, 5.41) is 4.85. The van der Waals surface area contributed by atoms with Gasteiger partial charge in [0.05, 0.1) is 24.6 Å². The molecule has 2 saturated heterocycles. The van der Waals surface area contributed by atoms with Crippen molar-refractivity contribution in [3.05, 3.63) is 53.2 Å². The highest BCUT2D eigenvalue weighted by molar-refractivity contribution is 5.88. The van der Waals surface area contributed by atoms with Crippen LogP contribution in [0.5, 0.6) is 0 Å². The van der Waals surface area contributed by atoms with Crippen molar-refractivity contribution < 1.29 is 9.13 Å². The first-order valence-electron chi connectivity index (χ1n) is 11.9. The van der Waals surface area contributed by atoms with Gasteiger partial charge in [0.15, 0.2) is 0 Å². The standard InChI is InChI=1S/C25H28FN5O/c26-18-4-5-19-15(7-18)3-6-22(31-9-16-11-32-12-17(16)10-31)23(19)30-25-20-8-21(14-1-2-14)29-24(20)27-13-28-25/h4-5,7-8,13-14,16-17,22-23H,1-3,6,9-12H2,(H2,27,28,29,30)/t16-,17+,22?,23?. The SMILES string of the molecule is Fc1ccc2c(c1)CCC(N1C[C@H]3COC[C@H]3C1)C2Nc1ncnc2[nH]c(C3CC3)cc12. The summed E-state index contributed by atoms with van der Waals surface area (Å²) in [6, 6.07) is 7.92. The van der Waals surface area contributed by atoms with Gasteiger partial charge in [0.1, 0.15) is 23.6 Å². The fourth-order valence-electron chi connectivity index (χ4n) is 6.17. The number of anilines is 1. The van der Waals surface area contributed by atoms with Crippen LogP contribution in [0, 0.1) is 17.7 Å². The number of halogens is 1. The molecule has 7 heteroatoms. The fraction of sp³-hybridized carbons (Fsp3) is 0.520. The lowest BCUT2D eigenvalue weighted by molar-refractivity contribution is 0.127. The number of likely N-dealkylation sites (tertiary alicyclic amines) is 1. The van der Waals surface area contributed by atoms with Crippen molar-refractivity contribution in [3.8, 4) is 0 Å². The van der Waals surface area contributed by atoms with E-state index in [1.807, 2.05) is 6.07 Å². The second kappa shape index (κ2) is 7.25. The number of hydrogen-bond acceptors (Lipinski definition) is 5. The lowest BCUT2D eigenvalue weighted by Crippen LogP contribution is -2.44. The number of benzene rings is 1. The van der Waals surface area contributed by atoms with Crippen LogP contribution in [-0.4, -0.2) is 52.2 Å². The molecule has 1 saturated carbocycles. The van der Waals surface area contributed by atoms with E-state index in [2.05, 4.69) is 31.2 Å². The summed E-state index contributed by atoms with van der Waals surface area (Å²) in [4.78, 5) is 15.3. The van der Waals surface area contributed by atoms with Gasteiger partial charge in [-0.05, 0) is 60.9 Å². The minimum Gasteiger partial charge on any atom is -0.381 e. The Labute approximate surface area is 186 Å². The Balaban J connectivity index is 1.26. The average Bonchev–Trinajstić information content (AvgIpc) is 3.20. The molecule has 4 heterocycles. The first-order valence-corrected chi connectivity index (χ1v) is 11.9. The van der Waals surface area contributed by atoms with Gasteiger partial charge in [-0.25, -0.2) is 14.4 Å². The molecule has 4 aliphatic rings. The molecule has 2 aliphatic heterocycles. The molecule has 0 amide bonds. The van der Waals surface area contributed by atoms with Gasteiger partial charge in [-0.3, -0.25) is 4.90 Å². The monoisotopic (exact) mass is 433 g/mol. The highest BCUT2D eigenvalue weighted by Crippen LogP contribution is 2.43. The molecule has 6 nitrogen and oxygen atoms in total. The number of nitrogens with zero attached hydrogens (tertiary/aromatic N) is 3. The molecule has 166 valence electrons. The van der Waals surface area contributed by atoms with E-state index in [-0.39, 0.29) is 11.9 Å². The number of rotatable bonds is 4. The van der Waals surface area contributed by atoms with E-state index in [0.29, 0.717) is 23.8 Å². The smallest absolute Gasteiger partial charge is 0.143 e. The molecule has 0 bridgehead atoms. The van der Waals surface area contributed by atoms with E-state index in [1.54, 1.807) is 18.5 Å². The minimum atomic E-state index is -0.155. The number of aryl methyl sites for hydroxylation is 1. The predicted octanol–water partition coefficient (Wildman–Crippen LogP) is 4.02. The Hall–Kier alpha value is -2.51. The summed E-state index contributed by atoms with van der Waals surface area (Å²) < 4.78 is 19.7. The van der Waals surface area contributed by atoms with Crippen molar-refractivity contribution in [2.45, 2.75) is 43.7 Å². The van der Waals surface area contributed by atoms with Gasteiger partial charge in [-0.2, -0.15) is 0 Å². The van der Waals surface area contributed by atoms with Crippen LogP contribution in [0.15, 0.2) is 30.6 Å². The number of aromatic amines is 1. The van der Waals surface area contributed by atoms with Gasteiger partial charge in [-0.15, -0.1) is 0 Å². The number of H-pyrrole nitrogens is 1. The average molecular weight is 434 g/mol. The van der Waals surface area contributed by atoms with Gasteiger partial charge < -0.3 is 15.0 Å². The number of nitrogens with one attached hydrogen (secondary N) is 2. The largest absolute Gasteiger partial charge is 0.381 e. The summed E-state index contributed by atoms with van der Waals surface area (Å²) >= 11 is 0. The molecule has 3 fully saturated rings. The molecule has 2 unspecified atom stereocenters. The molecule has 0 radical (unpaired) electrons. The maximum Gasteiger partial charge on any atom is 0.143 e. The molecule has 1 aromatic carbocycles. The Morgan fingerprint density at radius 2 is 1.91 bits per heavy atom. The van der Waals surface area contributed by atoms with Crippen molar-refractivity contribution in [3.63, 3.8) is 0 Å². The molecule has 4 atom stereocenters. The highest BCUT2D eigenvalue weighted by atomic mass is 19.1. The van der Waals surface area contributed by atoms with Gasteiger partial charge in [0.25, 0.3) is 0 Å². The molecule has 7 rings (SSSR count). The molecule has 2 aromatic heterocycles. The van der Waals surface area contributed by atoms with Crippen LogP contribution in [0.3, 0.4) is 0 Å². The molecule has 3 aromatic rings. The van der Waals surface area contributed by atoms with E-state index in [1.165, 1.54) is 24.1 Å². The van der Waals surface area contributed by atoms with Gasteiger partial charge >= 0.3 is 0 Å². The summed E-state index contributed by atoms with van der Waals surface area (Å²) in [7, 11) is 0.